The molecule has 0 saturated heterocycles. The molecule has 0 fully saturated rings. The SMILES string of the molecule is O=C(NC1=CNCCC1)c1sc2nccc3c2c1NC(=O)N3c1ncc(Oc2ccccc2)cn1. The largest absolute Gasteiger partial charge is 0.454 e. The van der Waals surface area contributed by atoms with Gasteiger partial charge in [-0.25, -0.2) is 24.6 Å². The minimum absolute atomic E-state index is 0.177. The van der Waals surface area contributed by atoms with Gasteiger partial charge < -0.3 is 20.7 Å². The summed E-state index contributed by atoms with van der Waals surface area (Å²) < 4.78 is 5.75. The van der Waals surface area contributed by atoms with Crippen molar-refractivity contribution >= 4 is 50.8 Å². The summed E-state index contributed by atoms with van der Waals surface area (Å²) in [6.07, 6.45) is 8.16. The number of ether oxygens (including phenoxy) is 1. The van der Waals surface area contributed by atoms with Gasteiger partial charge in [-0.1, -0.05) is 18.2 Å². The highest BCUT2D eigenvalue weighted by molar-refractivity contribution is 7.21. The van der Waals surface area contributed by atoms with Crippen molar-refractivity contribution < 1.29 is 14.3 Å². The summed E-state index contributed by atoms with van der Waals surface area (Å²) in [5, 5.41) is 9.58. The standard InChI is InChI=1S/C24H19N7O3S/c32-21(29-14-5-4-9-25-11-14)20-19-18-17(8-10-26-22(18)35-20)31(24(33)30-19)23-27-12-16(13-28-23)34-15-6-2-1-3-7-15/h1-3,6-8,10-13,25H,4-5,9H2,(H,29,32)(H,30,33). The molecule has 3 amide bonds. The van der Waals surface area contributed by atoms with Gasteiger partial charge in [0.25, 0.3) is 5.91 Å². The molecule has 35 heavy (non-hydrogen) atoms. The summed E-state index contributed by atoms with van der Waals surface area (Å²) in [6, 6.07) is 10.5. The summed E-state index contributed by atoms with van der Waals surface area (Å²) in [5.74, 6) is 0.996. The van der Waals surface area contributed by atoms with Crippen LogP contribution in [-0.4, -0.2) is 33.4 Å². The Bertz CT molecular complexity index is 1470. The molecule has 0 unspecified atom stereocenters. The Labute approximate surface area is 203 Å². The summed E-state index contributed by atoms with van der Waals surface area (Å²) in [7, 11) is 0. The average molecular weight is 486 g/mol. The molecule has 0 radical (unpaired) electrons. The molecule has 2 aliphatic heterocycles. The van der Waals surface area contributed by atoms with Gasteiger partial charge in [0.05, 0.1) is 29.2 Å². The first-order chi connectivity index (χ1) is 17.2. The fraction of sp³-hybridized carbons (Fsp3) is 0.125. The Morgan fingerprint density at radius 3 is 2.69 bits per heavy atom. The summed E-state index contributed by atoms with van der Waals surface area (Å²) in [5.41, 5.74) is 1.81. The number of carbonyl (C=O) groups is 2. The summed E-state index contributed by atoms with van der Waals surface area (Å²) >= 11 is 1.23. The number of nitrogens with zero attached hydrogens (tertiary/aromatic N) is 4. The highest BCUT2D eigenvalue weighted by Crippen LogP contribution is 2.45. The quantitative estimate of drug-likeness (QED) is 0.380. The minimum Gasteiger partial charge on any atom is -0.454 e. The third-order valence-electron chi connectivity index (χ3n) is 5.56. The Kier molecular flexibility index (Phi) is 5.23. The zero-order valence-electron chi connectivity index (χ0n) is 18.3. The van der Waals surface area contributed by atoms with Gasteiger partial charge in [0, 0.05) is 24.6 Å². The summed E-state index contributed by atoms with van der Waals surface area (Å²) in [4.78, 5) is 41.7. The van der Waals surface area contributed by atoms with E-state index in [0.29, 0.717) is 38.0 Å². The van der Waals surface area contributed by atoms with Crippen LogP contribution in [0.2, 0.25) is 0 Å². The fourth-order valence-corrected chi connectivity index (χ4v) is 5.01. The lowest BCUT2D eigenvalue weighted by Crippen LogP contribution is -2.36. The van der Waals surface area contributed by atoms with E-state index in [1.165, 1.54) is 28.6 Å². The predicted molar refractivity (Wildman–Crippen MR) is 132 cm³/mol. The zero-order chi connectivity index (χ0) is 23.8. The van der Waals surface area contributed by atoms with E-state index >= 15 is 0 Å². The molecule has 5 heterocycles. The molecule has 4 aromatic rings. The highest BCUT2D eigenvalue weighted by Gasteiger charge is 2.34. The van der Waals surface area contributed by atoms with Crippen LogP contribution in [-0.2, 0) is 0 Å². The first kappa shape index (κ1) is 21.1. The fourth-order valence-electron chi connectivity index (χ4n) is 3.99. The molecule has 3 aromatic heterocycles. The van der Waals surface area contributed by atoms with Crippen molar-refractivity contribution in [2.45, 2.75) is 12.8 Å². The normalized spacial score (nSPS) is 14.7. The maximum atomic E-state index is 13.2. The third-order valence-corrected chi connectivity index (χ3v) is 6.66. The lowest BCUT2D eigenvalue weighted by atomic mass is 10.1. The highest BCUT2D eigenvalue weighted by atomic mass is 32.1. The molecule has 0 aliphatic carbocycles. The second-order valence-corrected chi connectivity index (χ2v) is 8.90. The van der Waals surface area contributed by atoms with E-state index < -0.39 is 6.03 Å². The Morgan fingerprint density at radius 1 is 1.09 bits per heavy atom. The van der Waals surface area contributed by atoms with Gasteiger partial charge in [0.2, 0.25) is 5.95 Å². The maximum Gasteiger partial charge on any atom is 0.333 e. The van der Waals surface area contributed by atoms with E-state index in [2.05, 4.69) is 30.9 Å². The zero-order valence-corrected chi connectivity index (χ0v) is 19.1. The lowest BCUT2D eigenvalue weighted by Gasteiger charge is -2.26. The van der Waals surface area contributed by atoms with E-state index in [1.54, 1.807) is 12.3 Å². The molecule has 0 spiro atoms. The van der Waals surface area contributed by atoms with Crippen LogP contribution in [0.3, 0.4) is 0 Å². The molecule has 1 aromatic carbocycles. The molecule has 6 rings (SSSR count). The molecular formula is C24H19N7O3S. The monoisotopic (exact) mass is 485 g/mol. The van der Waals surface area contributed by atoms with Gasteiger partial charge in [0.1, 0.15) is 15.5 Å². The number of thiophene rings is 1. The minimum atomic E-state index is -0.465. The first-order valence-corrected chi connectivity index (χ1v) is 11.8. The second kappa shape index (κ2) is 8.69. The van der Waals surface area contributed by atoms with E-state index in [-0.39, 0.29) is 11.9 Å². The predicted octanol–water partition coefficient (Wildman–Crippen LogP) is 4.52. The number of nitrogens with one attached hydrogen (secondary N) is 3. The van der Waals surface area contributed by atoms with Crippen molar-refractivity contribution in [3.63, 3.8) is 0 Å². The Balaban J connectivity index is 1.33. The van der Waals surface area contributed by atoms with Crippen molar-refractivity contribution in [2.75, 3.05) is 16.8 Å². The molecule has 0 atom stereocenters. The van der Waals surface area contributed by atoms with Gasteiger partial charge in [-0.3, -0.25) is 4.79 Å². The topological polar surface area (TPSA) is 121 Å². The van der Waals surface area contributed by atoms with Crippen LogP contribution in [0.4, 0.5) is 22.1 Å². The number of urea groups is 1. The van der Waals surface area contributed by atoms with E-state index in [9.17, 15) is 9.59 Å². The second-order valence-electron chi connectivity index (χ2n) is 7.90. The van der Waals surface area contributed by atoms with Gasteiger partial charge in [-0.15, -0.1) is 11.3 Å². The van der Waals surface area contributed by atoms with Crippen LogP contribution in [0.1, 0.15) is 22.5 Å². The van der Waals surface area contributed by atoms with Crippen molar-refractivity contribution in [3.8, 4) is 11.5 Å². The van der Waals surface area contributed by atoms with Crippen LogP contribution in [0.25, 0.3) is 10.2 Å². The molecule has 3 N–H and O–H groups in total. The number of pyridine rings is 1. The number of rotatable bonds is 5. The van der Waals surface area contributed by atoms with E-state index in [1.807, 2.05) is 36.5 Å². The Hall–Kier alpha value is -4.51. The number of carbonyl (C=O) groups excluding carboxylic acids is 2. The van der Waals surface area contributed by atoms with Crippen LogP contribution >= 0.6 is 11.3 Å². The number of hydrogen-bond donors (Lipinski definition) is 3. The lowest BCUT2D eigenvalue weighted by molar-refractivity contribution is 0.0968. The van der Waals surface area contributed by atoms with E-state index in [4.69, 9.17) is 4.74 Å². The number of benzene rings is 1. The van der Waals surface area contributed by atoms with Crippen molar-refractivity contribution in [1.29, 1.82) is 0 Å². The Morgan fingerprint density at radius 2 is 1.91 bits per heavy atom. The first-order valence-electron chi connectivity index (χ1n) is 11.0. The van der Waals surface area contributed by atoms with E-state index in [0.717, 1.165) is 25.1 Å². The van der Waals surface area contributed by atoms with Crippen LogP contribution in [0, 0.1) is 0 Å². The summed E-state index contributed by atoms with van der Waals surface area (Å²) in [6.45, 7) is 0.883. The van der Waals surface area contributed by atoms with Crippen LogP contribution in [0.5, 0.6) is 11.5 Å². The van der Waals surface area contributed by atoms with Crippen molar-refractivity contribution in [2.24, 2.45) is 0 Å². The number of para-hydroxylation sites is 1. The molecule has 10 nitrogen and oxygen atoms in total. The smallest absolute Gasteiger partial charge is 0.333 e. The molecule has 2 aliphatic rings. The number of hydrogen-bond acceptors (Lipinski definition) is 8. The number of amides is 3. The van der Waals surface area contributed by atoms with Crippen molar-refractivity contribution in [1.82, 2.24) is 25.6 Å². The van der Waals surface area contributed by atoms with Crippen molar-refractivity contribution in [3.05, 3.63) is 71.8 Å². The molecule has 11 heteroatoms. The number of allylic oxidation sites excluding steroid dienone is 1. The number of aromatic nitrogens is 3. The van der Waals surface area contributed by atoms with Crippen LogP contribution in [0.15, 0.2) is 66.9 Å². The van der Waals surface area contributed by atoms with Gasteiger partial charge in [0.15, 0.2) is 5.75 Å². The molecule has 0 bridgehead atoms. The maximum absolute atomic E-state index is 13.2. The number of anilines is 3. The molecular weight excluding hydrogens is 466 g/mol. The molecule has 174 valence electrons. The van der Waals surface area contributed by atoms with Crippen LogP contribution < -0.4 is 25.6 Å². The third kappa shape index (κ3) is 3.91. The van der Waals surface area contributed by atoms with Gasteiger partial charge in [-0.05, 0) is 31.0 Å². The molecule has 0 saturated carbocycles. The van der Waals surface area contributed by atoms with Gasteiger partial charge in [-0.2, -0.15) is 0 Å². The average Bonchev–Trinajstić information content (AvgIpc) is 3.26. The van der Waals surface area contributed by atoms with Gasteiger partial charge >= 0.3 is 6.03 Å².